The van der Waals surface area contributed by atoms with Gasteiger partial charge in [0.2, 0.25) is 0 Å². The van der Waals surface area contributed by atoms with E-state index in [-0.39, 0.29) is 23.0 Å². The molecule has 1 saturated heterocycles. The van der Waals surface area contributed by atoms with E-state index in [4.69, 9.17) is 4.74 Å². The standard InChI is InChI=1S/C13H15N3O3/c1-9-8-19-6-5-15(9)11-7-12(18)16-4-2-3-10(17)13(16)14-11/h2-4,7,9,17H,5-6,8H2,1H3. The molecule has 1 aliphatic heterocycles. The maximum atomic E-state index is 12.1. The molecule has 0 amide bonds. The van der Waals surface area contributed by atoms with Crippen molar-refractivity contribution in [1.82, 2.24) is 9.38 Å². The van der Waals surface area contributed by atoms with Crippen LogP contribution in [0.2, 0.25) is 0 Å². The summed E-state index contributed by atoms with van der Waals surface area (Å²) in [7, 11) is 0. The number of nitrogens with zero attached hydrogens (tertiary/aromatic N) is 3. The van der Waals surface area contributed by atoms with Crippen LogP contribution in [0.1, 0.15) is 6.92 Å². The van der Waals surface area contributed by atoms with Gasteiger partial charge in [-0.15, -0.1) is 0 Å². The zero-order valence-electron chi connectivity index (χ0n) is 10.6. The molecule has 3 rings (SSSR count). The van der Waals surface area contributed by atoms with E-state index in [1.807, 2.05) is 11.8 Å². The summed E-state index contributed by atoms with van der Waals surface area (Å²) in [4.78, 5) is 18.5. The average Bonchev–Trinajstić information content (AvgIpc) is 2.40. The number of morpholine rings is 1. The van der Waals surface area contributed by atoms with Gasteiger partial charge in [-0.2, -0.15) is 0 Å². The molecule has 0 spiro atoms. The number of hydrogen-bond acceptors (Lipinski definition) is 5. The Morgan fingerprint density at radius 3 is 3.16 bits per heavy atom. The zero-order chi connectivity index (χ0) is 13.4. The van der Waals surface area contributed by atoms with E-state index in [2.05, 4.69) is 4.98 Å². The second-order valence-electron chi connectivity index (χ2n) is 4.66. The molecule has 2 aromatic heterocycles. The van der Waals surface area contributed by atoms with Crippen LogP contribution in [-0.2, 0) is 4.74 Å². The molecule has 0 radical (unpaired) electrons. The molecule has 0 aliphatic carbocycles. The quantitative estimate of drug-likeness (QED) is 0.815. The third-order valence-corrected chi connectivity index (χ3v) is 3.32. The molecule has 0 bridgehead atoms. The van der Waals surface area contributed by atoms with Gasteiger partial charge in [-0.1, -0.05) is 0 Å². The van der Waals surface area contributed by atoms with Gasteiger partial charge in [-0.3, -0.25) is 9.20 Å². The Morgan fingerprint density at radius 2 is 2.37 bits per heavy atom. The van der Waals surface area contributed by atoms with E-state index in [0.717, 1.165) is 0 Å². The second kappa shape index (κ2) is 4.55. The molecule has 1 aliphatic rings. The van der Waals surface area contributed by atoms with Crippen molar-refractivity contribution in [2.75, 3.05) is 24.7 Å². The lowest BCUT2D eigenvalue weighted by molar-refractivity contribution is 0.0985. The van der Waals surface area contributed by atoms with Gasteiger partial charge in [0.1, 0.15) is 5.82 Å². The van der Waals surface area contributed by atoms with Crippen molar-refractivity contribution in [1.29, 1.82) is 0 Å². The van der Waals surface area contributed by atoms with Gasteiger partial charge in [0.15, 0.2) is 11.4 Å². The monoisotopic (exact) mass is 261 g/mol. The van der Waals surface area contributed by atoms with E-state index >= 15 is 0 Å². The van der Waals surface area contributed by atoms with Gasteiger partial charge in [0.25, 0.3) is 5.56 Å². The highest BCUT2D eigenvalue weighted by atomic mass is 16.5. The predicted molar refractivity (Wildman–Crippen MR) is 70.8 cm³/mol. The Labute approximate surface area is 109 Å². The average molecular weight is 261 g/mol. The first-order chi connectivity index (χ1) is 9.16. The topological polar surface area (TPSA) is 67.1 Å². The highest BCUT2D eigenvalue weighted by Gasteiger charge is 2.21. The van der Waals surface area contributed by atoms with E-state index in [0.29, 0.717) is 25.6 Å². The first-order valence-electron chi connectivity index (χ1n) is 6.22. The molecule has 6 heteroatoms. The molecular formula is C13H15N3O3. The lowest BCUT2D eigenvalue weighted by atomic mass is 10.2. The van der Waals surface area contributed by atoms with Crippen molar-refractivity contribution in [3.63, 3.8) is 0 Å². The molecule has 1 unspecified atom stereocenters. The molecule has 1 N–H and O–H groups in total. The Hall–Kier alpha value is -2.08. The van der Waals surface area contributed by atoms with Gasteiger partial charge in [0.05, 0.1) is 19.3 Å². The molecule has 0 saturated carbocycles. The molecule has 1 atom stereocenters. The van der Waals surface area contributed by atoms with Crippen molar-refractivity contribution in [2.45, 2.75) is 13.0 Å². The summed E-state index contributed by atoms with van der Waals surface area (Å²) in [6.07, 6.45) is 1.59. The maximum Gasteiger partial charge on any atom is 0.260 e. The maximum absolute atomic E-state index is 12.1. The SMILES string of the molecule is CC1COCCN1c1cc(=O)n2cccc(O)c2n1. The number of fused-ring (bicyclic) bond motifs is 1. The fourth-order valence-corrected chi connectivity index (χ4v) is 2.31. The number of hydrogen-bond donors (Lipinski definition) is 1. The summed E-state index contributed by atoms with van der Waals surface area (Å²) in [5.41, 5.74) is 0.0817. The van der Waals surface area contributed by atoms with Crippen LogP contribution in [0, 0.1) is 0 Å². The van der Waals surface area contributed by atoms with Gasteiger partial charge in [0, 0.05) is 18.8 Å². The Morgan fingerprint density at radius 1 is 1.53 bits per heavy atom. The summed E-state index contributed by atoms with van der Waals surface area (Å²) >= 11 is 0. The summed E-state index contributed by atoms with van der Waals surface area (Å²) < 4.78 is 6.71. The van der Waals surface area contributed by atoms with E-state index in [1.54, 1.807) is 12.3 Å². The normalized spacial score (nSPS) is 19.8. The molecular weight excluding hydrogens is 246 g/mol. The largest absolute Gasteiger partial charge is 0.504 e. The van der Waals surface area contributed by atoms with E-state index < -0.39 is 0 Å². The number of rotatable bonds is 1. The number of aromatic nitrogens is 2. The molecule has 19 heavy (non-hydrogen) atoms. The van der Waals surface area contributed by atoms with Crippen molar-refractivity contribution >= 4 is 11.5 Å². The highest BCUT2D eigenvalue weighted by Crippen LogP contribution is 2.20. The second-order valence-corrected chi connectivity index (χ2v) is 4.66. The molecule has 3 heterocycles. The Balaban J connectivity index is 2.15. The van der Waals surface area contributed by atoms with Crippen molar-refractivity contribution in [2.24, 2.45) is 0 Å². The van der Waals surface area contributed by atoms with Crippen LogP contribution >= 0.6 is 0 Å². The first kappa shape index (κ1) is 12.0. The van der Waals surface area contributed by atoms with Crippen LogP contribution < -0.4 is 10.5 Å². The lowest BCUT2D eigenvalue weighted by Gasteiger charge is -2.34. The zero-order valence-corrected chi connectivity index (χ0v) is 10.6. The van der Waals surface area contributed by atoms with Crippen molar-refractivity contribution in [3.8, 4) is 5.75 Å². The van der Waals surface area contributed by atoms with Gasteiger partial charge < -0.3 is 14.7 Å². The van der Waals surface area contributed by atoms with Crippen molar-refractivity contribution < 1.29 is 9.84 Å². The molecule has 1 fully saturated rings. The number of ether oxygens (including phenoxy) is 1. The van der Waals surface area contributed by atoms with Crippen LogP contribution in [0.3, 0.4) is 0 Å². The van der Waals surface area contributed by atoms with Crippen molar-refractivity contribution in [3.05, 3.63) is 34.7 Å². The number of anilines is 1. The van der Waals surface area contributed by atoms with Crippen LogP contribution in [-0.4, -0.2) is 40.3 Å². The van der Waals surface area contributed by atoms with E-state index in [1.165, 1.54) is 16.5 Å². The van der Waals surface area contributed by atoms with Gasteiger partial charge in [-0.05, 0) is 19.1 Å². The number of pyridine rings is 1. The predicted octanol–water partition coefficient (Wildman–Crippen LogP) is 0.625. The lowest BCUT2D eigenvalue weighted by Crippen LogP contribution is -2.44. The van der Waals surface area contributed by atoms with E-state index in [9.17, 15) is 9.90 Å². The summed E-state index contributed by atoms with van der Waals surface area (Å²) in [5, 5.41) is 9.82. The van der Waals surface area contributed by atoms with Crippen LogP contribution in [0.5, 0.6) is 5.75 Å². The minimum Gasteiger partial charge on any atom is -0.504 e. The Kier molecular flexibility index (Phi) is 2.87. The smallest absolute Gasteiger partial charge is 0.260 e. The number of aromatic hydroxyl groups is 1. The fraction of sp³-hybridized carbons (Fsp3) is 0.385. The minimum atomic E-state index is -0.199. The summed E-state index contributed by atoms with van der Waals surface area (Å²) in [6, 6.07) is 4.79. The summed E-state index contributed by atoms with van der Waals surface area (Å²) in [5.74, 6) is 0.588. The highest BCUT2D eigenvalue weighted by molar-refractivity contribution is 5.57. The van der Waals surface area contributed by atoms with Crippen LogP contribution in [0.25, 0.3) is 5.65 Å². The third kappa shape index (κ3) is 2.04. The molecule has 100 valence electrons. The fourth-order valence-electron chi connectivity index (χ4n) is 2.31. The third-order valence-electron chi connectivity index (χ3n) is 3.32. The van der Waals surface area contributed by atoms with Gasteiger partial charge in [-0.25, -0.2) is 4.98 Å². The van der Waals surface area contributed by atoms with Crippen LogP contribution in [0.15, 0.2) is 29.2 Å². The molecule has 2 aromatic rings. The Bertz CT molecular complexity index is 668. The first-order valence-corrected chi connectivity index (χ1v) is 6.22. The molecule has 0 aromatic carbocycles. The minimum absolute atomic E-state index is 0.00219. The van der Waals surface area contributed by atoms with Gasteiger partial charge >= 0.3 is 0 Å². The molecule has 6 nitrogen and oxygen atoms in total. The summed E-state index contributed by atoms with van der Waals surface area (Å²) in [6.45, 7) is 3.94. The van der Waals surface area contributed by atoms with Crippen LogP contribution in [0.4, 0.5) is 5.82 Å².